The second kappa shape index (κ2) is 8.29. The minimum absolute atomic E-state index is 0.326. The van der Waals surface area contributed by atoms with Crippen LogP contribution in [-0.4, -0.2) is 51.7 Å². The van der Waals surface area contributed by atoms with Gasteiger partial charge in [-0.05, 0) is 25.3 Å². The third-order valence-electron chi connectivity index (χ3n) is 3.25. The lowest BCUT2D eigenvalue weighted by Gasteiger charge is -2.28. The molecular weight excluding hydrogens is 230 g/mol. The highest BCUT2D eigenvalue weighted by Gasteiger charge is 2.25. The first-order valence-corrected chi connectivity index (χ1v) is 6.39. The van der Waals surface area contributed by atoms with E-state index in [0.29, 0.717) is 19.4 Å². The van der Waals surface area contributed by atoms with Gasteiger partial charge in [0.15, 0.2) is 0 Å². The maximum Gasteiger partial charge on any atom is 0.146 e. The molecule has 1 aliphatic heterocycles. The molecule has 104 valence electrons. The van der Waals surface area contributed by atoms with Crippen molar-refractivity contribution in [1.82, 2.24) is 4.90 Å². The van der Waals surface area contributed by atoms with E-state index in [1.165, 1.54) is 12.8 Å². The standard InChI is InChI=1S/C14H25NO3/c1-12(7-9-18-11-17-4)13(2)15-8-5-6-14(15)10-16-3/h7,14H,2,5-6,8-11H2,1,3-4H3/b12-7+/t14-/m0/s1. The lowest BCUT2D eigenvalue weighted by Crippen LogP contribution is -2.32. The first kappa shape index (κ1) is 15.2. The van der Waals surface area contributed by atoms with Gasteiger partial charge < -0.3 is 19.1 Å². The monoisotopic (exact) mass is 255 g/mol. The molecular formula is C14H25NO3. The van der Waals surface area contributed by atoms with Gasteiger partial charge in [0.25, 0.3) is 0 Å². The lowest BCUT2D eigenvalue weighted by atomic mass is 10.1. The van der Waals surface area contributed by atoms with E-state index in [-0.39, 0.29) is 0 Å². The third-order valence-corrected chi connectivity index (χ3v) is 3.25. The molecule has 1 aliphatic rings. The fraction of sp³-hybridized carbons (Fsp3) is 0.714. The Labute approximate surface area is 110 Å². The van der Waals surface area contributed by atoms with Crippen LogP contribution in [0, 0.1) is 0 Å². The van der Waals surface area contributed by atoms with Gasteiger partial charge in [0, 0.05) is 26.5 Å². The summed E-state index contributed by atoms with van der Waals surface area (Å²) < 4.78 is 15.3. The second-order valence-corrected chi connectivity index (χ2v) is 4.56. The van der Waals surface area contributed by atoms with E-state index in [1.807, 2.05) is 6.08 Å². The predicted octanol–water partition coefficient (Wildman–Crippen LogP) is 2.18. The minimum Gasteiger partial charge on any atom is -0.383 e. The minimum atomic E-state index is 0.326. The quantitative estimate of drug-likeness (QED) is 0.378. The van der Waals surface area contributed by atoms with E-state index in [9.17, 15) is 0 Å². The fourth-order valence-electron chi connectivity index (χ4n) is 2.22. The average molecular weight is 255 g/mol. The number of likely N-dealkylation sites (tertiary alicyclic amines) is 1. The molecule has 1 atom stereocenters. The summed E-state index contributed by atoms with van der Waals surface area (Å²) in [5.41, 5.74) is 2.24. The lowest BCUT2D eigenvalue weighted by molar-refractivity contribution is -0.0188. The predicted molar refractivity (Wildman–Crippen MR) is 72.3 cm³/mol. The van der Waals surface area contributed by atoms with Gasteiger partial charge in [-0.15, -0.1) is 0 Å². The highest BCUT2D eigenvalue weighted by Crippen LogP contribution is 2.25. The molecule has 0 spiro atoms. The summed E-state index contributed by atoms with van der Waals surface area (Å²) >= 11 is 0. The number of allylic oxidation sites excluding steroid dienone is 1. The average Bonchev–Trinajstić information content (AvgIpc) is 2.82. The van der Waals surface area contributed by atoms with Gasteiger partial charge in [0.1, 0.15) is 6.79 Å². The number of ether oxygens (including phenoxy) is 3. The second-order valence-electron chi connectivity index (χ2n) is 4.56. The zero-order chi connectivity index (χ0) is 13.4. The van der Waals surface area contributed by atoms with E-state index in [1.54, 1.807) is 14.2 Å². The Morgan fingerprint density at radius 3 is 2.83 bits per heavy atom. The van der Waals surface area contributed by atoms with Crippen LogP contribution in [0.2, 0.25) is 0 Å². The SMILES string of the molecule is C=C(/C(C)=C/COCOC)N1CCC[C@H]1COC. The number of nitrogens with zero attached hydrogens (tertiary/aromatic N) is 1. The normalized spacial score (nSPS) is 20.5. The van der Waals surface area contributed by atoms with Crippen LogP contribution in [0.4, 0.5) is 0 Å². The van der Waals surface area contributed by atoms with Gasteiger partial charge in [-0.25, -0.2) is 0 Å². The van der Waals surface area contributed by atoms with E-state index < -0.39 is 0 Å². The summed E-state index contributed by atoms with van der Waals surface area (Å²) in [6.45, 7) is 8.97. The first-order valence-electron chi connectivity index (χ1n) is 6.39. The highest BCUT2D eigenvalue weighted by molar-refractivity contribution is 5.26. The molecule has 0 aromatic carbocycles. The van der Waals surface area contributed by atoms with E-state index in [0.717, 1.165) is 24.4 Å². The smallest absolute Gasteiger partial charge is 0.146 e. The summed E-state index contributed by atoms with van der Waals surface area (Å²) in [6.07, 6.45) is 4.43. The Kier molecular flexibility index (Phi) is 7.01. The van der Waals surface area contributed by atoms with E-state index in [2.05, 4.69) is 18.4 Å². The van der Waals surface area contributed by atoms with Crippen LogP contribution in [0.1, 0.15) is 19.8 Å². The summed E-state index contributed by atoms with van der Waals surface area (Å²) in [7, 11) is 3.37. The summed E-state index contributed by atoms with van der Waals surface area (Å²) in [5.74, 6) is 0. The van der Waals surface area contributed by atoms with Crippen molar-refractivity contribution in [3.63, 3.8) is 0 Å². The topological polar surface area (TPSA) is 30.9 Å². The Morgan fingerprint density at radius 2 is 2.17 bits per heavy atom. The largest absolute Gasteiger partial charge is 0.383 e. The zero-order valence-corrected chi connectivity index (χ0v) is 11.8. The van der Waals surface area contributed by atoms with Gasteiger partial charge in [0.05, 0.1) is 19.3 Å². The first-order chi connectivity index (χ1) is 8.70. The maximum absolute atomic E-state index is 5.26. The molecule has 0 radical (unpaired) electrons. The number of hydrogen-bond acceptors (Lipinski definition) is 4. The molecule has 0 saturated carbocycles. The Balaban J connectivity index is 2.46. The molecule has 0 aromatic heterocycles. The molecule has 18 heavy (non-hydrogen) atoms. The van der Waals surface area contributed by atoms with Crippen LogP contribution in [0.3, 0.4) is 0 Å². The van der Waals surface area contributed by atoms with Crippen molar-refractivity contribution < 1.29 is 14.2 Å². The van der Waals surface area contributed by atoms with E-state index >= 15 is 0 Å². The van der Waals surface area contributed by atoms with Crippen molar-refractivity contribution in [3.8, 4) is 0 Å². The van der Waals surface area contributed by atoms with Crippen LogP contribution in [0.15, 0.2) is 23.9 Å². The molecule has 0 bridgehead atoms. The third kappa shape index (κ3) is 4.44. The van der Waals surface area contributed by atoms with Gasteiger partial charge >= 0.3 is 0 Å². The molecule has 1 heterocycles. The van der Waals surface area contributed by atoms with E-state index in [4.69, 9.17) is 14.2 Å². The van der Waals surface area contributed by atoms with Crippen LogP contribution < -0.4 is 0 Å². The van der Waals surface area contributed by atoms with Crippen molar-refractivity contribution in [2.45, 2.75) is 25.8 Å². The number of rotatable bonds is 8. The number of methoxy groups -OCH3 is 2. The Morgan fingerprint density at radius 1 is 1.39 bits per heavy atom. The summed E-state index contributed by atoms with van der Waals surface area (Å²) in [4.78, 5) is 2.34. The van der Waals surface area contributed by atoms with Crippen molar-refractivity contribution >= 4 is 0 Å². The Bertz CT molecular complexity index is 289. The van der Waals surface area contributed by atoms with Crippen LogP contribution >= 0.6 is 0 Å². The van der Waals surface area contributed by atoms with Crippen molar-refractivity contribution in [2.24, 2.45) is 0 Å². The van der Waals surface area contributed by atoms with Gasteiger partial charge in [-0.1, -0.05) is 12.7 Å². The van der Waals surface area contributed by atoms with Gasteiger partial charge in [-0.2, -0.15) is 0 Å². The molecule has 1 rings (SSSR count). The Hall–Kier alpha value is -0.840. The molecule has 0 aromatic rings. The molecule has 0 unspecified atom stereocenters. The molecule has 1 saturated heterocycles. The molecule has 4 nitrogen and oxygen atoms in total. The summed E-state index contributed by atoms with van der Waals surface area (Å²) in [5, 5.41) is 0. The molecule has 0 amide bonds. The highest BCUT2D eigenvalue weighted by atomic mass is 16.7. The summed E-state index contributed by atoms with van der Waals surface area (Å²) in [6, 6.07) is 0.464. The van der Waals surface area contributed by atoms with Crippen molar-refractivity contribution in [2.75, 3.05) is 40.8 Å². The molecule has 0 N–H and O–H groups in total. The maximum atomic E-state index is 5.26. The fourth-order valence-corrected chi connectivity index (χ4v) is 2.22. The number of hydrogen-bond donors (Lipinski definition) is 0. The molecule has 1 fully saturated rings. The van der Waals surface area contributed by atoms with Crippen molar-refractivity contribution in [1.29, 1.82) is 0 Å². The van der Waals surface area contributed by atoms with Crippen LogP contribution in [-0.2, 0) is 14.2 Å². The van der Waals surface area contributed by atoms with Crippen molar-refractivity contribution in [3.05, 3.63) is 23.9 Å². The zero-order valence-electron chi connectivity index (χ0n) is 11.8. The van der Waals surface area contributed by atoms with Gasteiger partial charge in [-0.3, -0.25) is 0 Å². The van der Waals surface area contributed by atoms with Gasteiger partial charge in [0.2, 0.25) is 0 Å². The molecule has 4 heteroatoms. The van der Waals surface area contributed by atoms with Crippen LogP contribution in [0.25, 0.3) is 0 Å². The molecule has 0 aliphatic carbocycles. The van der Waals surface area contributed by atoms with Crippen LogP contribution in [0.5, 0.6) is 0 Å².